The predicted molar refractivity (Wildman–Crippen MR) is 213 cm³/mol. The van der Waals surface area contributed by atoms with Gasteiger partial charge in [0.1, 0.15) is 66.8 Å². The van der Waals surface area contributed by atoms with Crippen LogP contribution in [-0.2, 0) is 33.2 Å². The fourth-order valence-corrected chi connectivity index (χ4v) is 13.2. The Morgan fingerprint density at radius 3 is 2.08 bits per heavy atom. The zero-order valence-corrected chi connectivity index (χ0v) is 36.3. The normalized spacial score (nSPS) is 52.4. The lowest BCUT2D eigenvalue weighted by Gasteiger charge is -2.61. The van der Waals surface area contributed by atoms with Crippen molar-refractivity contribution in [3.8, 4) is 0 Å². The topological polar surface area (TPSA) is 275 Å². The molecule has 4 aliphatic carbocycles. The first-order valence-electron chi connectivity index (χ1n) is 22.9. The van der Waals surface area contributed by atoms with Crippen molar-refractivity contribution >= 4 is 5.78 Å². The van der Waals surface area contributed by atoms with Gasteiger partial charge in [0.2, 0.25) is 0 Å². The smallest absolute Gasteiger partial charge is 0.187 e. The second-order valence-electron chi connectivity index (χ2n) is 20.5. The van der Waals surface area contributed by atoms with Crippen LogP contribution in [0.15, 0.2) is 0 Å². The Balaban J connectivity index is 0.969. The van der Waals surface area contributed by atoms with Gasteiger partial charge in [-0.15, -0.1) is 0 Å². The molecular weight excluding hydrogens is 800 g/mol. The Kier molecular flexibility index (Phi) is 15.0. The maximum Gasteiger partial charge on any atom is 0.187 e. The number of ether oxygens (including phenoxy) is 6. The number of carbonyl (C=O) groups is 1. The van der Waals surface area contributed by atoms with Crippen molar-refractivity contribution in [1.82, 2.24) is 0 Å². The molecule has 17 heteroatoms. The van der Waals surface area contributed by atoms with Gasteiger partial charge in [-0.3, -0.25) is 4.79 Å². The van der Waals surface area contributed by atoms with E-state index in [9.17, 15) is 55.9 Å². The first-order valence-corrected chi connectivity index (χ1v) is 22.9. The van der Waals surface area contributed by atoms with E-state index in [0.29, 0.717) is 49.4 Å². The zero-order valence-electron chi connectivity index (χ0n) is 36.3. The van der Waals surface area contributed by atoms with E-state index in [-0.39, 0.29) is 47.1 Å². The van der Waals surface area contributed by atoms with E-state index in [1.807, 2.05) is 13.8 Å². The van der Waals surface area contributed by atoms with Crippen molar-refractivity contribution < 1.29 is 84.3 Å². The van der Waals surface area contributed by atoms with E-state index in [1.54, 1.807) is 0 Å². The third-order valence-corrected chi connectivity index (χ3v) is 16.9. The maximum absolute atomic E-state index is 13.4. The Labute approximate surface area is 358 Å². The third-order valence-electron chi connectivity index (χ3n) is 16.9. The summed E-state index contributed by atoms with van der Waals surface area (Å²) in [6.07, 6.45) is -13.5. The molecule has 3 heterocycles. The Hall–Kier alpha value is -0.970. The summed E-state index contributed by atoms with van der Waals surface area (Å²) in [5.41, 5.74) is -0.0871. The first-order chi connectivity index (χ1) is 28.8. The van der Waals surface area contributed by atoms with Crippen LogP contribution in [0.2, 0.25) is 0 Å². The molecule has 0 aromatic carbocycles. The van der Waals surface area contributed by atoms with Crippen LogP contribution in [0.5, 0.6) is 0 Å². The van der Waals surface area contributed by atoms with Gasteiger partial charge < -0.3 is 79.5 Å². The lowest BCUT2D eigenvalue weighted by Crippen LogP contribution is -2.66. The summed E-state index contributed by atoms with van der Waals surface area (Å²) in [7, 11) is 0. The van der Waals surface area contributed by atoms with Gasteiger partial charge in [0, 0.05) is 18.9 Å². The van der Waals surface area contributed by atoms with Gasteiger partial charge in [0.15, 0.2) is 18.9 Å². The highest BCUT2D eigenvalue weighted by molar-refractivity contribution is 5.81. The fraction of sp³-hybridized carbons (Fsp3) is 0.977. The minimum Gasteiger partial charge on any atom is -0.396 e. The quantitative estimate of drug-likeness (QED) is 0.107. The summed E-state index contributed by atoms with van der Waals surface area (Å²) in [4.78, 5) is 13.4. The SMILES string of the molecule is CC(CO)CCC(=O)C(C)C1C(O)CC2C3CCC4CC(OC5OC(CO)C(OC6OC(C)C(O)C(O)C6OC6OCC(O)C(O)C6O)C(O)C5O)CCC4(C)C3CCC21C. The maximum atomic E-state index is 13.4. The second-order valence-corrected chi connectivity index (χ2v) is 20.5. The number of fused-ring (bicyclic) bond motifs is 5. The van der Waals surface area contributed by atoms with Gasteiger partial charge in [0.05, 0.1) is 31.5 Å². The van der Waals surface area contributed by atoms with Crippen LogP contribution in [0.1, 0.15) is 98.8 Å². The Morgan fingerprint density at radius 2 is 1.38 bits per heavy atom. The highest BCUT2D eigenvalue weighted by Crippen LogP contribution is 2.68. The molecule has 0 aromatic heterocycles. The molecule has 25 atom stereocenters. The second kappa shape index (κ2) is 19.1. The van der Waals surface area contributed by atoms with Crippen molar-refractivity contribution in [1.29, 1.82) is 0 Å². The molecule has 4 saturated carbocycles. The lowest BCUT2D eigenvalue weighted by molar-refractivity contribution is -0.383. The van der Waals surface area contributed by atoms with E-state index < -0.39 is 105 Å². The monoisotopic (exact) mass is 874 g/mol. The molecule has 61 heavy (non-hydrogen) atoms. The number of hydrogen-bond donors (Lipinski definition) is 10. The van der Waals surface area contributed by atoms with Crippen molar-refractivity contribution in [2.24, 2.45) is 52.3 Å². The number of aliphatic hydroxyl groups is 10. The molecule has 0 bridgehead atoms. The fourth-order valence-electron chi connectivity index (χ4n) is 13.2. The standard InChI is InChI=1S/C44H74O17/c1-19(16-45)6-9-27(47)20(2)31-28(48)15-26-24-8-7-22-14-23(10-12-43(22,4)25(24)11-13-44(26,31)5)58-41-37(55)35(53)38(30(17-46)59-41)60-42-39(34(52)32(50)21(3)57-42)61-40-36(54)33(51)29(49)18-56-40/h19-26,28-42,45-46,48-55H,6-18H2,1-5H3. The predicted octanol–water partition coefficient (Wildman–Crippen LogP) is -0.270. The van der Waals surface area contributed by atoms with E-state index in [2.05, 4.69) is 13.8 Å². The molecule has 25 unspecified atom stereocenters. The number of ketones is 1. The third kappa shape index (κ3) is 9.00. The van der Waals surface area contributed by atoms with Crippen LogP contribution in [0.3, 0.4) is 0 Å². The summed E-state index contributed by atoms with van der Waals surface area (Å²) < 4.78 is 35.4. The minimum atomic E-state index is -1.73. The van der Waals surface area contributed by atoms with E-state index in [1.165, 1.54) is 6.92 Å². The molecule has 10 N–H and O–H groups in total. The number of Topliss-reactive ketones (excluding diaryl/α,β-unsaturated/α-hetero) is 1. The molecule has 0 aromatic rings. The molecular formula is C44H74O17. The first kappa shape index (κ1) is 48.0. The van der Waals surface area contributed by atoms with E-state index in [4.69, 9.17) is 28.4 Å². The summed E-state index contributed by atoms with van der Waals surface area (Å²) in [6.45, 7) is 9.14. The van der Waals surface area contributed by atoms with E-state index >= 15 is 0 Å². The highest BCUT2D eigenvalue weighted by Gasteiger charge is 2.64. The van der Waals surface area contributed by atoms with Crippen molar-refractivity contribution in [2.75, 3.05) is 19.8 Å². The van der Waals surface area contributed by atoms with Crippen LogP contribution >= 0.6 is 0 Å². The molecule has 3 aliphatic heterocycles. The minimum absolute atomic E-state index is 0.0393. The number of rotatable bonds is 13. The van der Waals surface area contributed by atoms with Crippen LogP contribution < -0.4 is 0 Å². The summed E-state index contributed by atoms with van der Waals surface area (Å²) in [6, 6.07) is 0. The molecule has 0 radical (unpaired) electrons. The summed E-state index contributed by atoms with van der Waals surface area (Å²) in [5.74, 6) is 1.50. The van der Waals surface area contributed by atoms with Crippen LogP contribution in [0, 0.1) is 52.3 Å². The molecule has 352 valence electrons. The van der Waals surface area contributed by atoms with Crippen LogP contribution in [0.4, 0.5) is 0 Å². The van der Waals surface area contributed by atoms with Gasteiger partial charge in [-0.2, -0.15) is 0 Å². The zero-order chi connectivity index (χ0) is 44.3. The molecule has 3 saturated heterocycles. The van der Waals surface area contributed by atoms with E-state index in [0.717, 1.165) is 38.5 Å². The van der Waals surface area contributed by atoms with Gasteiger partial charge in [-0.05, 0) is 111 Å². The highest BCUT2D eigenvalue weighted by atomic mass is 16.8. The largest absolute Gasteiger partial charge is 0.396 e. The average molecular weight is 875 g/mol. The van der Waals surface area contributed by atoms with Gasteiger partial charge in [0.25, 0.3) is 0 Å². The van der Waals surface area contributed by atoms with Crippen molar-refractivity contribution in [3.63, 3.8) is 0 Å². The summed E-state index contributed by atoms with van der Waals surface area (Å²) in [5, 5.41) is 106. The number of hydrogen-bond acceptors (Lipinski definition) is 17. The molecule has 0 amide bonds. The average Bonchev–Trinajstić information content (AvgIpc) is 3.51. The van der Waals surface area contributed by atoms with Crippen LogP contribution in [0.25, 0.3) is 0 Å². The van der Waals surface area contributed by atoms with Crippen LogP contribution in [-0.4, -0.2) is 175 Å². The molecule has 7 fully saturated rings. The Bertz CT molecular complexity index is 1470. The number of carbonyl (C=O) groups excluding carboxylic acids is 1. The molecule has 7 aliphatic rings. The van der Waals surface area contributed by atoms with Gasteiger partial charge in [-0.1, -0.05) is 27.7 Å². The molecule has 17 nitrogen and oxygen atoms in total. The Morgan fingerprint density at radius 1 is 0.705 bits per heavy atom. The summed E-state index contributed by atoms with van der Waals surface area (Å²) >= 11 is 0. The van der Waals surface area contributed by atoms with Crippen molar-refractivity contribution in [3.05, 3.63) is 0 Å². The lowest BCUT2D eigenvalue weighted by atomic mass is 9.44. The van der Waals surface area contributed by atoms with Gasteiger partial charge >= 0.3 is 0 Å². The van der Waals surface area contributed by atoms with Crippen molar-refractivity contribution in [2.45, 2.75) is 197 Å². The molecule has 7 rings (SSSR count). The van der Waals surface area contributed by atoms with Gasteiger partial charge in [-0.25, -0.2) is 0 Å². The number of aliphatic hydroxyl groups excluding tert-OH is 10. The molecule has 0 spiro atoms.